The number of nitrogens with zero attached hydrogens (tertiary/aromatic N) is 1. The molecule has 0 N–H and O–H groups in total. The minimum Gasteiger partial charge on any atom is -0.377 e. The SMILES string of the molecule is CCCOC1CCCN(CC(=O)c2cccs2)C1. The lowest BCUT2D eigenvalue weighted by Crippen LogP contribution is -2.42. The average Bonchev–Trinajstić information content (AvgIpc) is 2.91. The minimum atomic E-state index is 0.237. The van der Waals surface area contributed by atoms with Gasteiger partial charge >= 0.3 is 0 Å². The van der Waals surface area contributed by atoms with Crippen molar-refractivity contribution in [2.75, 3.05) is 26.2 Å². The molecule has 1 saturated heterocycles. The van der Waals surface area contributed by atoms with Crippen LogP contribution in [0.2, 0.25) is 0 Å². The number of carbonyl (C=O) groups excluding carboxylic acids is 1. The van der Waals surface area contributed by atoms with Gasteiger partial charge in [-0.05, 0) is 37.3 Å². The molecule has 2 heterocycles. The van der Waals surface area contributed by atoms with E-state index in [2.05, 4.69) is 11.8 Å². The first-order valence-corrected chi connectivity index (χ1v) is 7.58. The third-order valence-corrected chi connectivity index (χ3v) is 4.09. The van der Waals surface area contributed by atoms with E-state index in [1.165, 1.54) is 11.3 Å². The second-order valence-corrected chi connectivity index (χ2v) is 5.72. The summed E-state index contributed by atoms with van der Waals surface area (Å²) >= 11 is 1.53. The van der Waals surface area contributed by atoms with E-state index < -0.39 is 0 Å². The summed E-state index contributed by atoms with van der Waals surface area (Å²) in [7, 11) is 0. The van der Waals surface area contributed by atoms with Crippen molar-refractivity contribution in [3.63, 3.8) is 0 Å². The Morgan fingerprint density at radius 1 is 1.61 bits per heavy atom. The molecular weight excluding hydrogens is 246 g/mol. The summed E-state index contributed by atoms with van der Waals surface area (Å²) in [4.78, 5) is 15.1. The van der Waals surface area contributed by atoms with E-state index in [-0.39, 0.29) is 5.78 Å². The summed E-state index contributed by atoms with van der Waals surface area (Å²) in [5, 5.41) is 1.95. The minimum absolute atomic E-state index is 0.237. The van der Waals surface area contributed by atoms with Crippen LogP contribution in [0.25, 0.3) is 0 Å². The van der Waals surface area contributed by atoms with E-state index in [0.717, 1.165) is 43.8 Å². The molecule has 1 aromatic heterocycles. The van der Waals surface area contributed by atoms with Crippen molar-refractivity contribution in [1.29, 1.82) is 0 Å². The highest BCUT2D eigenvalue weighted by atomic mass is 32.1. The van der Waals surface area contributed by atoms with Gasteiger partial charge in [-0.15, -0.1) is 11.3 Å². The van der Waals surface area contributed by atoms with Crippen LogP contribution in [0.3, 0.4) is 0 Å². The molecule has 0 spiro atoms. The summed E-state index contributed by atoms with van der Waals surface area (Å²) in [6, 6.07) is 3.84. The molecule has 0 radical (unpaired) electrons. The molecule has 18 heavy (non-hydrogen) atoms. The van der Waals surface area contributed by atoms with Crippen molar-refractivity contribution in [1.82, 2.24) is 4.90 Å². The van der Waals surface area contributed by atoms with E-state index in [9.17, 15) is 4.79 Å². The molecule has 0 bridgehead atoms. The molecular formula is C14H21NO2S. The number of rotatable bonds is 6. The molecule has 1 unspecified atom stereocenters. The third-order valence-electron chi connectivity index (χ3n) is 3.18. The van der Waals surface area contributed by atoms with Gasteiger partial charge in [0.25, 0.3) is 0 Å². The number of ketones is 1. The number of Topliss-reactive ketones (excluding diaryl/α,β-unsaturated/α-hetero) is 1. The molecule has 1 atom stereocenters. The Balaban J connectivity index is 1.80. The highest BCUT2D eigenvalue weighted by Crippen LogP contribution is 2.15. The fourth-order valence-corrected chi connectivity index (χ4v) is 2.95. The van der Waals surface area contributed by atoms with E-state index in [1.54, 1.807) is 0 Å². The first-order valence-electron chi connectivity index (χ1n) is 6.70. The first-order chi connectivity index (χ1) is 8.79. The second kappa shape index (κ2) is 7.02. The van der Waals surface area contributed by atoms with Crippen LogP contribution in [0.4, 0.5) is 0 Å². The van der Waals surface area contributed by atoms with E-state index in [4.69, 9.17) is 4.74 Å². The van der Waals surface area contributed by atoms with Crippen LogP contribution >= 0.6 is 11.3 Å². The van der Waals surface area contributed by atoms with Crippen molar-refractivity contribution < 1.29 is 9.53 Å². The van der Waals surface area contributed by atoms with Crippen molar-refractivity contribution in [3.05, 3.63) is 22.4 Å². The molecule has 0 amide bonds. The van der Waals surface area contributed by atoms with Crippen molar-refractivity contribution in [2.45, 2.75) is 32.3 Å². The van der Waals surface area contributed by atoms with Crippen LogP contribution in [0.1, 0.15) is 35.9 Å². The molecule has 2 rings (SSSR count). The number of carbonyl (C=O) groups is 1. The third kappa shape index (κ3) is 3.90. The van der Waals surface area contributed by atoms with Gasteiger partial charge in [-0.25, -0.2) is 0 Å². The predicted molar refractivity (Wildman–Crippen MR) is 74.4 cm³/mol. The van der Waals surface area contributed by atoms with Crippen LogP contribution in [-0.2, 0) is 4.74 Å². The van der Waals surface area contributed by atoms with Gasteiger partial charge in [0, 0.05) is 13.2 Å². The molecule has 1 aromatic rings. The number of likely N-dealkylation sites (tertiary alicyclic amines) is 1. The smallest absolute Gasteiger partial charge is 0.186 e. The molecule has 1 aliphatic rings. The van der Waals surface area contributed by atoms with Crippen molar-refractivity contribution >= 4 is 17.1 Å². The van der Waals surface area contributed by atoms with Crippen LogP contribution < -0.4 is 0 Å². The van der Waals surface area contributed by atoms with Gasteiger partial charge in [-0.3, -0.25) is 9.69 Å². The summed E-state index contributed by atoms with van der Waals surface area (Å²) in [6.45, 7) is 5.41. The normalized spacial score (nSPS) is 21.1. The Labute approximate surface area is 113 Å². The lowest BCUT2D eigenvalue weighted by molar-refractivity contribution is 0.00134. The van der Waals surface area contributed by atoms with E-state index in [1.807, 2.05) is 17.5 Å². The number of piperidine rings is 1. The van der Waals surface area contributed by atoms with Gasteiger partial charge in [0.2, 0.25) is 0 Å². The number of thiophene rings is 1. The maximum Gasteiger partial charge on any atom is 0.186 e. The van der Waals surface area contributed by atoms with Crippen molar-refractivity contribution in [3.8, 4) is 0 Å². The van der Waals surface area contributed by atoms with Crippen LogP contribution in [-0.4, -0.2) is 43.0 Å². The quantitative estimate of drug-likeness (QED) is 0.742. The Morgan fingerprint density at radius 2 is 2.50 bits per heavy atom. The summed E-state index contributed by atoms with van der Waals surface area (Å²) in [5.74, 6) is 0.237. The zero-order valence-corrected chi connectivity index (χ0v) is 11.7. The molecule has 1 fully saturated rings. The molecule has 100 valence electrons. The Morgan fingerprint density at radius 3 is 3.22 bits per heavy atom. The summed E-state index contributed by atoms with van der Waals surface area (Å²) in [5.41, 5.74) is 0. The second-order valence-electron chi connectivity index (χ2n) is 4.77. The summed E-state index contributed by atoms with van der Waals surface area (Å²) in [6.07, 6.45) is 3.63. The lowest BCUT2D eigenvalue weighted by atomic mass is 10.1. The molecule has 0 aliphatic carbocycles. The van der Waals surface area contributed by atoms with Gasteiger partial charge in [0.1, 0.15) is 0 Å². The highest BCUT2D eigenvalue weighted by molar-refractivity contribution is 7.12. The lowest BCUT2D eigenvalue weighted by Gasteiger charge is -2.31. The molecule has 4 heteroatoms. The average molecular weight is 267 g/mol. The van der Waals surface area contributed by atoms with Gasteiger partial charge in [0.15, 0.2) is 5.78 Å². The van der Waals surface area contributed by atoms with Crippen molar-refractivity contribution in [2.24, 2.45) is 0 Å². The molecule has 0 saturated carbocycles. The van der Waals surface area contributed by atoms with Gasteiger partial charge in [-0.1, -0.05) is 13.0 Å². The van der Waals surface area contributed by atoms with Crippen LogP contribution in [0.15, 0.2) is 17.5 Å². The van der Waals surface area contributed by atoms with Gasteiger partial charge < -0.3 is 4.74 Å². The number of ether oxygens (including phenoxy) is 1. The maximum atomic E-state index is 12.0. The first kappa shape index (κ1) is 13.7. The standard InChI is InChI=1S/C14H21NO2S/c1-2-8-17-12-5-3-7-15(10-12)11-13(16)14-6-4-9-18-14/h4,6,9,12H,2-3,5,7-8,10-11H2,1H3. The Kier molecular flexibility index (Phi) is 5.35. The fraction of sp³-hybridized carbons (Fsp3) is 0.643. The van der Waals surface area contributed by atoms with E-state index in [0.29, 0.717) is 12.6 Å². The highest BCUT2D eigenvalue weighted by Gasteiger charge is 2.22. The Hall–Kier alpha value is -0.710. The zero-order valence-electron chi connectivity index (χ0n) is 10.9. The summed E-state index contributed by atoms with van der Waals surface area (Å²) < 4.78 is 5.78. The predicted octanol–water partition coefficient (Wildman–Crippen LogP) is 2.82. The van der Waals surface area contributed by atoms with E-state index >= 15 is 0 Å². The number of hydrogen-bond donors (Lipinski definition) is 0. The molecule has 3 nitrogen and oxygen atoms in total. The Bertz CT molecular complexity index is 364. The molecule has 0 aromatic carbocycles. The monoisotopic (exact) mass is 267 g/mol. The van der Waals surface area contributed by atoms with Crippen LogP contribution in [0.5, 0.6) is 0 Å². The zero-order chi connectivity index (χ0) is 12.8. The fourth-order valence-electron chi connectivity index (χ4n) is 2.30. The van der Waals surface area contributed by atoms with Gasteiger partial charge in [-0.2, -0.15) is 0 Å². The topological polar surface area (TPSA) is 29.5 Å². The van der Waals surface area contributed by atoms with Crippen LogP contribution in [0, 0.1) is 0 Å². The maximum absolute atomic E-state index is 12.0. The van der Waals surface area contributed by atoms with Gasteiger partial charge in [0.05, 0.1) is 17.5 Å². The largest absolute Gasteiger partial charge is 0.377 e. The molecule has 1 aliphatic heterocycles. The number of hydrogen-bond acceptors (Lipinski definition) is 4.